The quantitative estimate of drug-likeness (QED) is 0.203. The van der Waals surface area contributed by atoms with Gasteiger partial charge in [-0.1, -0.05) is 44.0 Å². The van der Waals surface area contributed by atoms with Gasteiger partial charge in [0.25, 0.3) is 0 Å². The van der Waals surface area contributed by atoms with E-state index in [1.165, 1.54) is 0 Å². The molecule has 1 N–H and O–H groups in total. The first-order chi connectivity index (χ1) is 13.6. The molecule has 0 aliphatic rings. The predicted octanol–water partition coefficient (Wildman–Crippen LogP) is 6.84. The number of nitrogens with zero attached hydrogens (tertiary/aromatic N) is 2. The Balaban J connectivity index is 2.76. The first-order valence-electron chi connectivity index (χ1n) is 8.77. The monoisotopic (exact) mass is 407 g/mol. The van der Waals surface area contributed by atoms with Gasteiger partial charge in [-0.05, 0) is 56.1 Å². The Morgan fingerprint density at radius 2 is 2.07 bits per heavy atom. The maximum atomic E-state index is 4.78. The molecule has 0 aliphatic heterocycles. The minimum absolute atomic E-state index is 0.760. The van der Waals surface area contributed by atoms with E-state index in [0.717, 1.165) is 48.7 Å². The van der Waals surface area contributed by atoms with Crippen LogP contribution in [0.15, 0.2) is 66.1 Å². The van der Waals surface area contributed by atoms with E-state index < -0.39 is 0 Å². The van der Waals surface area contributed by atoms with Crippen molar-refractivity contribution in [2.24, 2.45) is 4.99 Å². The highest BCUT2D eigenvalue weighted by atomic mass is 32.2. The number of allylic oxidation sites excluding steroid dienone is 5. The van der Waals surface area contributed by atoms with Crippen molar-refractivity contribution < 1.29 is 0 Å². The van der Waals surface area contributed by atoms with E-state index in [2.05, 4.69) is 55.0 Å². The number of nitrogens with one attached hydrogen (secondary N) is 1. The highest BCUT2D eigenvalue weighted by molar-refractivity contribution is 7.99. The van der Waals surface area contributed by atoms with E-state index in [9.17, 15) is 0 Å². The fourth-order valence-corrected chi connectivity index (χ4v) is 4.51. The molecule has 0 amide bonds. The first-order valence-corrected chi connectivity index (χ1v) is 10.6. The third kappa shape index (κ3) is 4.87. The van der Waals surface area contributed by atoms with Gasteiger partial charge in [0.15, 0.2) is 0 Å². The lowest BCUT2D eigenvalue weighted by Crippen LogP contribution is -2.03. The highest BCUT2D eigenvalue weighted by Gasteiger charge is 2.18. The number of benzene rings is 1. The van der Waals surface area contributed by atoms with Gasteiger partial charge in [-0.2, -0.15) is 0 Å². The Hall–Kier alpha value is -2.47. The van der Waals surface area contributed by atoms with E-state index >= 15 is 0 Å². The molecule has 3 nitrogen and oxygen atoms in total. The summed E-state index contributed by atoms with van der Waals surface area (Å²) in [6.07, 6.45) is 11.4. The van der Waals surface area contributed by atoms with Gasteiger partial charge in [-0.15, -0.1) is 23.1 Å². The summed E-state index contributed by atoms with van der Waals surface area (Å²) in [6, 6.07) is 4.22. The Morgan fingerprint density at radius 1 is 1.29 bits per heavy atom. The molecule has 144 valence electrons. The van der Waals surface area contributed by atoms with Crippen molar-refractivity contribution in [1.29, 1.82) is 0 Å². The van der Waals surface area contributed by atoms with Crippen LogP contribution < -0.4 is 5.32 Å². The third-order valence-corrected chi connectivity index (χ3v) is 6.20. The zero-order valence-corrected chi connectivity index (χ0v) is 18.0. The third-order valence-electron chi connectivity index (χ3n) is 3.95. The fourth-order valence-electron chi connectivity index (χ4n) is 2.63. The Bertz CT molecular complexity index is 923. The maximum Gasteiger partial charge on any atom is 0.125 e. The molecule has 0 saturated carbocycles. The molecule has 5 heteroatoms. The Labute approximate surface area is 176 Å². The van der Waals surface area contributed by atoms with Crippen LogP contribution in [0.25, 0.3) is 28.3 Å². The zero-order chi connectivity index (χ0) is 20.5. The summed E-state index contributed by atoms with van der Waals surface area (Å²) in [4.78, 5) is 11.1. The second kappa shape index (κ2) is 10.8. The molecular weight excluding hydrogens is 382 g/mol. The normalized spacial score (nSPS) is 11.6. The minimum Gasteiger partial charge on any atom is -0.311 e. The van der Waals surface area contributed by atoms with Gasteiger partial charge in [0.05, 0.1) is 16.3 Å². The van der Waals surface area contributed by atoms with Crippen LogP contribution in [0.1, 0.15) is 23.1 Å². The van der Waals surface area contributed by atoms with E-state index in [0.29, 0.717) is 0 Å². The molecule has 1 heterocycles. The van der Waals surface area contributed by atoms with Crippen LogP contribution in [0.4, 0.5) is 5.69 Å². The van der Waals surface area contributed by atoms with E-state index in [4.69, 9.17) is 4.98 Å². The molecule has 0 atom stereocenters. The number of thioether (sulfide) groups is 1. The minimum atomic E-state index is 0.760. The Kier molecular flexibility index (Phi) is 8.39. The number of thiazole rings is 1. The molecule has 0 fully saturated rings. The maximum absolute atomic E-state index is 4.78. The highest BCUT2D eigenvalue weighted by Crippen LogP contribution is 2.43. The van der Waals surface area contributed by atoms with Crippen LogP contribution in [0.3, 0.4) is 0 Å². The van der Waals surface area contributed by atoms with Crippen molar-refractivity contribution in [3.05, 3.63) is 72.3 Å². The molecule has 2 aromatic rings. The second-order valence-corrected chi connectivity index (χ2v) is 7.70. The summed E-state index contributed by atoms with van der Waals surface area (Å²) in [5, 5.41) is 4.09. The van der Waals surface area contributed by atoms with Crippen LogP contribution in [0, 0.1) is 0 Å². The smallest absolute Gasteiger partial charge is 0.125 e. The summed E-state index contributed by atoms with van der Waals surface area (Å²) >= 11 is 3.29. The largest absolute Gasteiger partial charge is 0.311 e. The van der Waals surface area contributed by atoms with Gasteiger partial charge in [0.1, 0.15) is 5.01 Å². The molecule has 0 saturated heterocycles. The van der Waals surface area contributed by atoms with Gasteiger partial charge >= 0.3 is 0 Å². The number of rotatable bonds is 10. The molecule has 0 radical (unpaired) electrons. The van der Waals surface area contributed by atoms with Crippen LogP contribution in [-0.4, -0.2) is 24.6 Å². The van der Waals surface area contributed by atoms with Crippen molar-refractivity contribution >= 4 is 53.2 Å². The molecular formula is C23H25N3S2. The lowest BCUT2D eigenvalue weighted by Gasteiger charge is -2.14. The number of hydrogen-bond donors (Lipinski definition) is 1. The van der Waals surface area contributed by atoms with Gasteiger partial charge < -0.3 is 5.32 Å². The molecule has 0 aliphatic carbocycles. The zero-order valence-electron chi connectivity index (χ0n) is 16.4. The van der Waals surface area contributed by atoms with Crippen molar-refractivity contribution in [2.45, 2.75) is 11.8 Å². The second-order valence-electron chi connectivity index (χ2n) is 5.69. The molecule has 0 spiro atoms. The number of aromatic nitrogens is 1. The first kappa shape index (κ1) is 21.8. The van der Waals surface area contributed by atoms with Crippen molar-refractivity contribution in [1.82, 2.24) is 10.3 Å². The number of hydrogen-bond acceptors (Lipinski definition) is 5. The van der Waals surface area contributed by atoms with Crippen LogP contribution in [-0.2, 0) is 0 Å². The fraction of sp³-hybridized carbons (Fsp3) is 0.130. The topological polar surface area (TPSA) is 37.3 Å². The predicted molar refractivity (Wildman–Crippen MR) is 130 cm³/mol. The van der Waals surface area contributed by atoms with Crippen LogP contribution in [0.2, 0.25) is 0 Å². The van der Waals surface area contributed by atoms with Crippen LogP contribution in [0.5, 0.6) is 0 Å². The SMILES string of the molecule is C=C/C=C\C(=C/C)c1cc(N=C)c(SCNC)c(-c2nc(C=C)c(C=C)s2)c1. The van der Waals surface area contributed by atoms with E-state index in [-0.39, 0.29) is 0 Å². The van der Waals surface area contributed by atoms with Gasteiger partial charge in [-0.25, -0.2) is 4.98 Å². The average Bonchev–Trinajstić information content (AvgIpc) is 3.15. The molecule has 28 heavy (non-hydrogen) atoms. The van der Waals surface area contributed by atoms with Gasteiger partial charge in [-0.3, -0.25) is 4.99 Å². The van der Waals surface area contributed by atoms with Crippen LogP contribution >= 0.6 is 23.1 Å². The average molecular weight is 408 g/mol. The molecule has 2 rings (SSSR count). The van der Waals surface area contributed by atoms with E-state index in [1.807, 2.05) is 32.2 Å². The molecule has 0 unspecified atom stereocenters. The summed E-state index contributed by atoms with van der Waals surface area (Å²) in [6.45, 7) is 17.3. The lowest BCUT2D eigenvalue weighted by atomic mass is 10.0. The van der Waals surface area contributed by atoms with E-state index in [1.54, 1.807) is 35.3 Å². The standard InChI is InChI=1S/C23H25N3S2/c1-7-11-12-16(8-2)17-13-18(22(27-15-24-5)20(14-17)25-6)23-26-19(9-3)21(10-4)28-23/h7-14,24H,1,3-4,6,15H2,2,5H3/b12-11-,16-8+. The van der Waals surface area contributed by atoms with Crippen molar-refractivity contribution in [2.75, 3.05) is 12.9 Å². The molecule has 1 aromatic heterocycles. The Morgan fingerprint density at radius 3 is 2.61 bits per heavy atom. The van der Waals surface area contributed by atoms with Crippen molar-refractivity contribution in [3.8, 4) is 10.6 Å². The van der Waals surface area contributed by atoms with Gasteiger partial charge in [0, 0.05) is 16.3 Å². The summed E-state index contributed by atoms with van der Waals surface area (Å²) in [5.41, 5.74) is 4.86. The van der Waals surface area contributed by atoms with Gasteiger partial charge in [0.2, 0.25) is 0 Å². The molecule has 0 bridgehead atoms. The summed E-state index contributed by atoms with van der Waals surface area (Å²) < 4.78 is 0. The number of aliphatic imine (C=N–C) groups is 1. The summed E-state index contributed by atoms with van der Waals surface area (Å²) in [5.74, 6) is 0.760. The van der Waals surface area contributed by atoms with Crippen molar-refractivity contribution in [3.63, 3.8) is 0 Å². The summed E-state index contributed by atoms with van der Waals surface area (Å²) in [7, 11) is 1.93. The lowest BCUT2D eigenvalue weighted by molar-refractivity contribution is 0.982. The molecule has 1 aromatic carbocycles.